The molecule has 0 atom stereocenters. The van der Waals surface area contributed by atoms with Crippen molar-refractivity contribution in [3.8, 4) is 5.75 Å². The second kappa shape index (κ2) is 6.48. The Bertz CT molecular complexity index is 324. The number of hydrogen-bond donors (Lipinski definition) is 1. The molecule has 0 aliphatic carbocycles. The third-order valence-electron chi connectivity index (χ3n) is 2.19. The van der Waals surface area contributed by atoms with Gasteiger partial charge in [0.2, 0.25) is 0 Å². The fourth-order valence-corrected chi connectivity index (χ4v) is 1.46. The highest BCUT2D eigenvalue weighted by molar-refractivity contribution is 5.32. The normalized spacial score (nSPS) is 10.8. The van der Waals surface area contributed by atoms with Crippen molar-refractivity contribution < 1.29 is 4.74 Å². The molecule has 0 aliphatic rings. The number of aryl methyl sites for hydroxylation is 1. The molecule has 90 valence electrons. The lowest BCUT2D eigenvalue weighted by Crippen LogP contribution is -2.16. The molecule has 1 N–H and O–H groups in total. The van der Waals surface area contributed by atoms with Crippen molar-refractivity contribution in [1.29, 1.82) is 0 Å². The van der Waals surface area contributed by atoms with Crippen LogP contribution in [0.4, 0.5) is 0 Å². The summed E-state index contributed by atoms with van der Waals surface area (Å²) < 4.78 is 5.78. The molecule has 0 unspecified atom stereocenters. The van der Waals surface area contributed by atoms with E-state index in [-0.39, 0.29) is 6.10 Å². The first-order chi connectivity index (χ1) is 7.63. The average molecular weight is 222 g/mol. The largest absolute Gasteiger partial charge is 0.491 e. The Morgan fingerprint density at radius 1 is 1.44 bits per heavy atom. The third kappa shape index (κ3) is 4.19. The fraction of sp³-hybridized carbons (Fsp3) is 0.615. The molecular weight excluding hydrogens is 200 g/mol. The number of ether oxygens (including phenoxy) is 1. The van der Waals surface area contributed by atoms with Crippen molar-refractivity contribution in [2.24, 2.45) is 0 Å². The van der Waals surface area contributed by atoms with Gasteiger partial charge >= 0.3 is 0 Å². The number of hydrogen-bond acceptors (Lipinski definition) is 3. The summed E-state index contributed by atoms with van der Waals surface area (Å²) in [6.45, 7) is 10.1. The Morgan fingerprint density at radius 2 is 2.19 bits per heavy atom. The summed E-state index contributed by atoms with van der Waals surface area (Å²) in [7, 11) is 0. The fourth-order valence-electron chi connectivity index (χ4n) is 1.46. The second-order valence-corrected chi connectivity index (χ2v) is 4.28. The lowest BCUT2D eigenvalue weighted by atomic mass is 10.2. The van der Waals surface area contributed by atoms with E-state index < -0.39 is 0 Å². The lowest BCUT2D eigenvalue weighted by Gasteiger charge is -2.14. The van der Waals surface area contributed by atoms with Crippen LogP contribution < -0.4 is 10.1 Å². The zero-order valence-corrected chi connectivity index (χ0v) is 10.7. The predicted molar refractivity (Wildman–Crippen MR) is 66.7 cm³/mol. The van der Waals surface area contributed by atoms with E-state index in [1.54, 1.807) is 0 Å². The predicted octanol–water partition coefficient (Wildman–Crippen LogP) is 2.68. The van der Waals surface area contributed by atoms with Crippen molar-refractivity contribution in [2.45, 2.75) is 46.8 Å². The number of nitrogens with zero attached hydrogens (tertiary/aromatic N) is 1. The van der Waals surface area contributed by atoms with E-state index in [2.05, 4.69) is 17.2 Å². The van der Waals surface area contributed by atoms with Gasteiger partial charge in [0.25, 0.3) is 0 Å². The summed E-state index contributed by atoms with van der Waals surface area (Å²) in [4.78, 5) is 4.31. The number of rotatable bonds is 6. The van der Waals surface area contributed by atoms with Crippen LogP contribution in [0.5, 0.6) is 5.75 Å². The molecule has 0 radical (unpaired) electrons. The third-order valence-corrected chi connectivity index (χ3v) is 2.19. The Kier molecular flexibility index (Phi) is 5.26. The van der Waals surface area contributed by atoms with E-state index in [0.717, 1.165) is 36.5 Å². The summed E-state index contributed by atoms with van der Waals surface area (Å²) in [5, 5.41) is 3.36. The van der Waals surface area contributed by atoms with Gasteiger partial charge in [0.15, 0.2) is 0 Å². The lowest BCUT2D eigenvalue weighted by molar-refractivity contribution is 0.239. The van der Waals surface area contributed by atoms with Crippen molar-refractivity contribution in [3.05, 3.63) is 23.5 Å². The van der Waals surface area contributed by atoms with E-state index in [4.69, 9.17) is 4.74 Å². The maximum atomic E-state index is 5.78. The Balaban J connectivity index is 2.72. The summed E-state index contributed by atoms with van der Waals surface area (Å²) in [5.74, 6) is 0.950. The highest BCUT2D eigenvalue weighted by Crippen LogP contribution is 2.19. The van der Waals surface area contributed by atoms with Gasteiger partial charge in [-0.2, -0.15) is 0 Å². The molecule has 0 spiro atoms. The van der Waals surface area contributed by atoms with Gasteiger partial charge < -0.3 is 10.1 Å². The van der Waals surface area contributed by atoms with Crippen LogP contribution >= 0.6 is 0 Å². The van der Waals surface area contributed by atoms with Crippen LogP contribution in [-0.4, -0.2) is 17.6 Å². The van der Waals surface area contributed by atoms with Gasteiger partial charge in [-0.1, -0.05) is 6.92 Å². The van der Waals surface area contributed by atoms with Crippen LogP contribution in [0.2, 0.25) is 0 Å². The van der Waals surface area contributed by atoms with Gasteiger partial charge in [-0.25, -0.2) is 0 Å². The molecule has 0 aliphatic heterocycles. The molecule has 0 bridgehead atoms. The van der Waals surface area contributed by atoms with Gasteiger partial charge in [-0.15, -0.1) is 0 Å². The Labute approximate surface area is 98.2 Å². The molecular formula is C13H22N2O. The zero-order chi connectivity index (χ0) is 12.0. The van der Waals surface area contributed by atoms with Crippen molar-refractivity contribution >= 4 is 0 Å². The summed E-state index contributed by atoms with van der Waals surface area (Å²) >= 11 is 0. The van der Waals surface area contributed by atoms with Crippen LogP contribution in [0.1, 0.15) is 38.4 Å². The Morgan fingerprint density at radius 3 is 2.81 bits per heavy atom. The first-order valence-corrected chi connectivity index (χ1v) is 5.96. The maximum absolute atomic E-state index is 5.78. The topological polar surface area (TPSA) is 34.2 Å². The van der Waals surface area contributed by atoms with Crippen LogP contribution in [0.15, 0.2) is 12.3 Å². The van der Waals surface area contributed by atoms with Crippen LogP contribution in [0.3, 0.4) is 0 Å². The minimum atomic E-state index is 0.201. The molecule has 0 aromatic carbocycles. The Hall–Kier alpha value is -1.09. The zero-order valence-electron chi connectivity index (χ0n) is 10.7. The first kappa shape index (κ1) is 13.0. The van der Waals surface area contributed by atoms with Gasteiger partial charge in [0.05, 0.1) is 6.10 Å². The van der Waals surface area contributed by atoms with Gasteiger partial charge in [-0.05, 0) is 33.7 Å². The molecule has 1 aromatic heterocycles. The second-order valence-electron chi connectivity index (χ2n) is 4.28. The summed E-state index contributed by atoms with van der Waals surface area (Å²) in [5.41, 5.74) is 2.13. The minimum Gasteiger partial charge on any atom is -0.491 e. The van der Waals surface area contributed by atoms with E-state index in [0.29, 0.717) is 0 Å². The molecule has 0 saturated carbocycles. The molecule has 1 rings (SSSR count). The van der Waals surface area contributed by atoms with E-state index in [9.17, 15) is 0 Å². The van der Waals surface area contributed by atoms with Gasteiger partial charge in [-0.3, -0.25) is 4.98 Å². The number of nitrogens with one attached hydrogen (secondary N) is 1. The van der Waals surface area contributed by atoms with Gasteiger partial charge in [0.1, 0.15) is 5.75 Å². The quantitative estimate of drug-likeness (QED) is 0.751. The van der Waals surface area contributed by atoms with Gasteiger partial charge in [0, 0.05) is 30.1 Å². The van der Waals surface area contributed by atoms with E-state index >= 15 is 0 Å². The monoisotopic (exact) mass is 222 g/mol. The van der Waals surface area contributed by atoms with Crippen molar-refractivity contribution in [1.82, 2.24) is 10.3 Å². The summed E-state index contributed by atoms with van der Waals surface area (Å²) in [6.07, 6.45) is 3.24. The SMILES string of the molecule is CCCNCc1cnc(C)cc1OC(C)C. The minimum absolute atomic E-state index is 0.201. The standard InChI is InChI=1S/C13H22N2O/c1-5-6-14-8-12-9-15-11(4)7-13(12)16-10(2)3/h7,9-10,14H,5-6,8H2,1-4H3. The summed E-state index contributed by atoms with van der Waals surface area (Å²) in [6, 6.07) is 2.00. The maximum Gasteiger partial charge on any atom is 0.127 e. The number of pyridine rings is 1. The van der Waals surface area contributed by atoms with Crippen LogP contribution in [-0.2, 0) is 6.54 Å². The first-order valence-electron chi connectivity index (χ1n) is 5.96. The molecule has 0 saturated heterocycles. The highest BCUT2D eigenvalue weighted by atomic mass is 16.5. The molecule has 0 fully saturated rings. The molecule has 3 nitrogen and oxygen atoms in total. The van der Waals surface area contributed by atoms with Crippen LogP contribution in [0.25, 0.3) is 0 Å². The molecule has 16 heavy (non-hydrogen) atoms. The van der Waals surface area contributed by atoms with E-state index in [1.165, 1.54) is 0 Å². The molecule has 0 amide bonds. The smallest absolute Gasteiger partial charge is 0.127 e. The van der Waals surface area contributed by atoms with Crippen LogP contribution in [0, 0.1) is 6.92 Å². The van der Waals surface area contributed by atoms with E-state index in [1.807, 2.05) is 33.0 Å². The van der Waals surface area contributed by atoms with Crippen molar-refractivity contribution in [2.75, 3.05) is 6.54 Å². The molecule has 1 aromatic rings. The average Bonchev–Trinajstić information content (AvgIpc) is 2.20. The van der Waals surface area contributed by atoms with Crippen molar-refractivity contribution in [3.63, 3.8) is 0 Å². The molecule has 1 heterocycles. The highest BCUT2D eigenvalue weighted by Gasteiger charge is 2.06. The number of aromatic nitrogens is 1. The molecule has 3 heteroatoms.